The summed E-state index contributed by atoms with van der Waals surface area (Å²) in [4.78, 5) is 8.84. The largest absolute Gasteiger partial charge is 0.460 e. The maximum atomic E-state index is 5.94. The molecule has 4 heteroatoms. The van der Waals surface area contributed by atoms with Crippen molar-refractivity contribution in [1.29, 1.82) is 0 Å². The molecule has 4 nitrogen and oxygen atoms in total. The van der Waals surface area contributed by atoms with Gasteiger partial charge in [-0.2, -0.15) is 4.98 Å². The van der Waals surface area contributed by atoms with Crippen LogP contribution in [0.2, 0.25) is 0 Å². The zero-order valence-electron chi connectivity index (χ0n) is 16.3. The minimum Gasteiger partial charge on any atom is -0.460 e. The summed E-state index contributed by atoms with van der Waals surface area (Å²) in [5, 5.41) is 0.982. The lowest BCUT2D eigenvalue weighted by Crippen LogP contribution is -2.20. The van der Waals surface area contributed by atoms with Crippen LogP contribution in [0.4, 0.5) is 0 Å². The van der Waals surface area contributed by atoms with Crippen molar-refractivity contribution in [2.24, 2.45) is 0 Å². The van der Waals surface area contributed by atoms with Crippen LogP contribution in [-0.4, -0.2) is 16.1 Å². The number of fused-ring (bicyclic) bond motifs is 1. The molecule has 0 saturated heterocycles. The first-order chi connectivity index (χ1) is 12.8. The number of aryl methyl sites for hydroxylation is 1. The molecule has 0 bridgehead atoms. The van der Waals surface area contributed by atoms with E-state index in [1.165, 1.54) is 70.6 Å². The van der Waals surface area contributed by atoms with Crippen molar-refractivity contribution in [2.75, 3.05) is 0 Å². The highest BCUT2D eigenvalue weighted by Gasteiger charge is 2.17. The van der Waals surface area contributed by atoms with Crippen LogP contribution in [0.3, 0.4) is 0 Å². The van der Waals surface area contributed by atoms with E-state index in [-0.39, 0.29) is 6.10 Å². The van der Waals surface area contributed by atoms with Gasteiger partial charge in [0.2, 0.25) is 5.71 Å². The van der Waals surface area contributed by atoms with Gasteiger partial charge in [-0.1, -0.05) is 58.3 Å². The van der Waals surface area contributed by atoms with E-state index in [9.17, 15) is 0 Å². The van der Waals surface area contributed by atoms with E-state index in [0.29, 0.717) is 11.7 Å². The molecule has 0 unspecified atom stereocenters. The molecule has 26 heavy (non-hydrogen) atoms. The molecular weight excluding hydrogens is 324 g/mol. The number of hydrogen-bond acceptors (Lipinski definition) is 4. The average Bonchev–Trinajstić information content (AvgIpc) is 3.07. The van der Waals surface area contributed by atoms with Gasteiger partial charge in [0.05, 0.1) is 5.39 Å². The van der Waals surface area contributed by atoms with Crippen molar-refractivity contribution >= 4 is 11.1 Å². The first-order valence-electron chi connectivity index (χ1n) is 10.8. The molecule has 1 aliphatic rings. The molecule has 2 aromatic heterocycles. The Balaban J connectivity index is 1.42. The second-order valence-corrected chi connectivity index (χ2v) is 7.73. The molecule has 0 aromatic carbocycles. The van der Waals surface area contributed by atoms with E-state index >= 15 is 0 Å². The second-order valence-electron chi connectivity index (χ2n) is 7.73. The van der Waals surface area contributed by atoms with Gasteiger partial charge < -0.3 is 9.15 Å². The Kier molecular flexibility index (Phi) is 7.78. The standard InChI is InChI=1S/C22H34N2O2/c1-2-3-4-5-6-7-8-10-15-20-16-18-17-23-22(24-21(18)25-20)26-19-13-11-9-12-14-19/h16-17,19H,2-15H2,1H3. The fourth-order valence-corrected chi connectivity index (χ4v) is 3.81. The minimum atomic E-state index is 0.271. The quantitative estimate of drug-likeness (QED) is 0.424. The van der Waals surface area contributed by atoms with Crippen LogP contribution >= 0.6 is 0 Å². The van der Waals surface area contributed by atoms with Crippen molar-refractivity contribution in [3.05, 3.63) is 18.0 Å². The molecule has 0 amide bonds. The predicted molar refractivity (Wildman–Crippen MR) is 106 cm³/mol. The fraction of sp³-hybridized carbons (Fsp3) is 0.727. The number of unbranched alkanes of at least 4 members (excludes halogenated alkanes) is 7. The summed E-state index contributed by atoms with van der Waals surface area (Å²) in [6.07, 6.45) is 19.8. The Morgan fingerprint density at radius 2 is 1.73 bits per heavy atom. The number of aromatic nitrogens is 2. The lowest BCUT2D eigenvalue weighted by atomic mass is 9.98. The van der Waals surface area contributed by atoms with E-state index < -0.39 is 0 Å². The topological polar surface area (TPSA) is 48.2 Å². The third-order valence-corrected chi connectivity index (χ3v) is 5.40. The molecule has 0 spiro atoms. The number of rotatable bonds is 11. The Morgan fingerprint density at radius 1 is 1.00 bits per heavy atom. The highest BCUT2D eigenvalue weighted by atomic mass is 16.5. The highest BCUT2D eigenvalue weighted by molar-refractivity contribution is 5.73. The van der Waals surface area contributed by atoms with Gasteiger partial charge >= 0.3 is 6.01 Å². The summed E-state index contributed by atoms with van der Waals surface area (Å²) in [5.74, 6) is 1.02. The van der Waals surface area contributed by atoms with Gasteiger partial charge in [0.15, 0.2) is 0 Å². The zero-order chi connectivity index (χ0) is 18.0. The van der Waals surface area contributed by atoms with Gasteiger partial charge in [0.25, 0.3) is 0 Å². The maximum absolute atomic E-state index is 5.94. The smallest absolute Gasteiger partial charge is 0.320 e. The van der Waals surface area contributed by atoms with E-state index in [0.717, 1.165) is 30.4 Å². The van der Waals surface area contributed by atoms with Crippen LogP contribution in [0.15, 0.2) is 16.7 Å². The third kappa shape index (κ3) is 6.00. The Morgan fingerprint density at radius 3 is 2.50 bits per heavy atom. The van der Waals surface area contributed by atoms with E-state index in [4.69, 9.17) is 9.15 Å². The first kappa shape index (κ1) is 19.2. The molecule has 144 valence electrons. The van der Waals surface area contributed by atoms with Gasteiger partial charge in [0.1, 0.15) is 11.9 Å². The minimum absolute atomic E-state index is 0.271. The molecule has 0 atom stereocenters. The van der Waals surface area contributed by atoms with Crippen molar-refractivity contribution in [1.82, 2.24) is 9.97 Å². The van der Waals surface area contributed by atoms with E-state index in [1.807, 2.05) is 6.20 Å². The molecule has 2 aromatic rings. The van der Waals surface area contributed by atoms with Gasteiger partial charge in [-0.15, -0.1) is 0 Å². The SMILES string of the molecule is CCCCCCCCCCc1cc2cnc(OC3CCCCC3)nc2o1. The third-order valence-electron chi connectivity index (χ3n) is 5.40. The highest BCUT2D eigenvalue weighted by Crippen LogP contribution is 2.24. The Bertz CT molecular complexity index is 647. The molecule has 0 N–H and O–H groups in total. The van der Waals surface area contributed by atoms with Gasteiger partial charge in [-0.05, 0) is 38.2 Å². The van der Waals surface area contributed by atoms with Crippen LogP contribution in [0.25, 0.3) is 11.1 Å². The van der Waals surface area contributed by atoms with Crippen LogP contribution in [0.5, 0.6) is 6.01 Å². The molecule has 3 rings (SSSR count). The van der Waals surface area contributed by atoms with Crippen LogP contribution in [0.1, 0.15) is 96.2 Å². The lowest BCUT2D eigenvalue weighted by Gasteiger charge is -2.21. The maximum Gasteiger partial charge on any atom is 0.320 e. The monoisotopic (exact) mass is 358 g/mol. The normalized spacial score (nSPS) is 15.6. The molecule has 0 aliphatic heterocycles. The molecule has 1 saturated carbocycles. The van der Waals surface area contributed by atoms with Crippen molar-refractivity contribution in [3.63, 3.8) is 0 Å². The van der Waals surface area contributed by atoms with Gasteiger partial charge in [0, 0.05) is 12.6 Å². The van der Waals surface area contributed by atoms with Gasteiger partial charge in [-0.3, -0.25) is 0 Å². The number of ether oxygens (including phenoxy) is 1. The molecule has 1 aliphatic carbocycles. The molecule has 1 fully saturated rings. The van der Waals surface area contributed by atoms with Crippen LogP contribution in [-0.2, 0) is 6.42 Å². The lowest BCUT2D eigenvalue weighted by molar-refractivity contribution is 0.142. The Hall–Kier alpha value is -1.58. The Labute approximate surface area is 157 Å². The van der Waals surface area contributed by atoms with Crippen molar-refractivity contribution < 1.29 is 9.15 Å². The summed E-state index contributed by atoms with van der Waals surface area (Å²) >= 11 is 0. The van der Waals surface area contributed by atoms with Crippen molar-refractivity contribution in [3.8, 4) is 6.01 Å². The van der Waals surface area contributed by atoms with Crippen LogP contribution < -0.4 is 4.74 Å². The number of nitrogens with zero attached hydrogens (tertiary/aromatic N) is 2. The molecule has 0 radical (unpaired) electrons. The second kappa shape index (κ2) is 10.5. The summed E-state index contributed by atoms with van der Waals surface area (Å²) < 4.78 is 11.9. The first-order valence-corrected chi connectivity index (χ1v) is 10.8. The number of furan rings is 1. The zero-order valence-corrected chi connectivity index (χ0v) is 16.3. The summed E-state index contributed by atoms with van der Waals surface area (Å²) in [6, 6.07) is 2.55. The predicted octanol–water partition coefficient (Wildman–Crippen LogP) is 6.62. The summed E-state index contributed by atoms with van der Waals surface area (Å²) in [7, 11) is 0. The fourth-order valence-electron chi connectivity index (χ4n) is 3.81. The van der Waals surface area contributed by atoms with E-state index in [2.05, 4.69) is 23.0 Å². The number of hydrogen-bond donors (Lipinski definition) is 0. The summed E-state index contributed by atoms with van der Waals surface area (Å²) in [5.41, 5.74) is 0.667. The summed E-state index contributed by atoms with van der Waals surface area (Å²) in [6.45, 7) is 2.27. The molecule has 2 heterocycles. The molecular formula is C22H34N2O2. The average molecular weight is 359 g/mol. The van der Waals surface area contributed by atoms with Crippen LogP contribution in [0, 0.1) is 0 Å². The van der Waals surface area contributed by atoms with Gasteiger partial charge in [-0.25, -0.2) is 4.98 Å². The van der Waals surface area contributed by atoms with E-state index in [1.54, 1.807) is 0 Å². The van der Waals surface area contributed by atoms with Crippen molar-refractivity contribution in [2.45, 2.75) is 103 Å².